The maximum Gasteiger partial charge on any atom is 0.263 e. The molecule has 0 fully saturated rings. The number of ether oxygens (including phenoxy) is 2. The van der Waals surface area contributed by atoms with E-state index >= 15 is 0 Å². The first-order valence-corrected chi connectivity index (χ1v) is 11.1. The van der Waals surface area contributed by atoms with Crippen molar-refractivity contribution >= 4 is 43.2 Å². The van der Waals surface area contributed by atoms with E-state index in [4.69, 9.17) is 9.47 Å². The Morgan fingerprint density at radius 1 is 1.18 bits per heavy atom. The molecular formula is C19H19BrN2O5S. The second kappa shape index (κ2) is 6.97. The van der Waals surface area contributed by atoms with Gasteiger partial charge in [-0.15, -0.1) is 0 Å². The third-order valence-corrected chi connectivity index (χ3v) is 7.11. The highest BCUT2D eigenvalue weighted by Crippen LogP contribution is 2.39. The van der Waals surface area contributed by atoms with Crippen molar-refractivity contribution in [2.75, 3.05) is 22.8 Å². The molecule has 0 aromatic heterocycles. The van der Waals surface area contributed by atoms with Crippen LogP contribution in [0.25, 0.3) is 0 Å². The van der Waals surface area contributed by atoms with Crippen LogP contribution in [0.15, 0.2) is 39.7 Å². The second-order valence-corrected chi connectivity index (χ2v) is 9.32. The van der Waals surface area contributed by atoms with Crippen LogP contribution in [0.3, 0.4) is 0 Å². The van der Waals surface area contributed by atoms with Crippen molar-refractivity contribution in [1.82, 2.24) is 0 Å². The summed E-state index contributed by atoms with van der Waals surface area (Å²) in [5, 5.41) is 0. The number of fused-ring (bicyclic) bond motifs is 2. The van der Waals surface area contributed by atoms with Gasteiger partial charge in [-0.3, -0.25) is 9.52 Å². The summed E-state index contributed by atoms with van der Waals surface area (Å²) >= 11 is 3.37. The van der Waals surface area contributed by atoms with Gasteiger partial charge in [0, 0.05) is 29.2 Å². The molecule has 0 unspecified atom stereocenters. The van der Waals surface area contributed by atoms with Crippen molar-refractivity contribution < 1.29 is 22.7 Å². The number of carbonyl (C=O) groups is 1. The van der Waals surface area contributed by atoms with Crippen LogP contribution >= 0.6 is 15.9 Å². The lowest BCUT2D eigenvalue weighted by molar-refractivity contribution is -0.116. The molecule has 0 aliphatic carbocycles. The van der Waals surface area contributed by atoms with E-state index in [9.17, 15) is 13.2 Å². The van der Waals surface area contributed by atoms with E-state index in [0.717, 1.165) is 5.56 Å². The van der Waals surface area contributed by atoms with Gasteiger partial charge in [-0.1, -0.05) is 0 Å². The number of amides is 1. The molecule has 2 aliphatic heterocycles. The maximum absolute atomic E-state index is 13.0. The number of hydrogen-bond acceptors (Lipinski definition) is 5. The van der Waals surface area contributed by atoms with E-state index in [0.29, 0.717) is 47.0 Å². The van der Waals surface area contributed by atoms with Crippen LogP contribution in [0.4, 0.5) is 11.4 Å². The maximum atomic E-state index is 13.0. The van der Waals surface area contributed by atoms with Gasteiger partial charge in [-0.05, 0) is 59.1 Å². The molecule has 0 radical (unpaired) electrons. The normalized spacial score (nSPS) is 18.0. The molecule has 1 amide bonds. The number of nitrogens with one attached hydrogen (secondary N) is 1. The number of nitrogens with zero attached hydrogens (tertiary/aromatic N) is 1. The minimum absolute atomic E-state index is 0.0110. The smallest absolute Gasteiger partial charge is 0.263 e. The average Bonchev–Trinajstić information content (AvgIpc) is 2.95. The lowest BCUT2D eigenvalue weighted by Crippen LogP contribution is -2.33. The first kappa shape index (κ1) is 19.1. The monoisotopic (exact) mass is 466 g/mol. The lowest BCUT2D eigenvalue weighted by Gasteiger charge is -2.21. The van der Waals surface area contributed by atoms with Gasteiger partial charge in [0.25, 0.3) is 10.0 Å². The number of benzene rings is 2. The summed E-state index contributed by atoms with van der Waals surface area (Å²) in [4.78, 5) is 13.7. The van der Waals surface area contributed by atoms with Crippen LogP contribution in [-0.4, -0.2) is 33.6 Å². The summed E-state index contributed by atoms with van der Waals surface area (Å²) in [5.74, 6) is 0.965. The van der Waals surface area contributed by atoms with Crippen molar-refractivity contribution in [3.8, 4) is 11.5 Å². The molecule has 1 atom stereocenters. The molecule has 7 nitrogen and oxygen atoms in total. The summed E-state index contributed by atoms with van der Waals surface area (Å²) < 4.78 is 40.1. The van der Waals surface area contributed by atoms with Crippen LogP contribution in [-0.2, 0) is 21.2 Å². The molecule has 28 heavy (non-hydrogen) atoms. The van der Waals surface area contributed by atoms with E-state index in [1.165, 1.54) is 6.92 Å². The summed E-state index contributed by atoms with van der Waals surface area (Å²) in [6.07, 6.45) is 0.684. The fourth-order valence-corrected chi connectivity index (χ4v) is 5.78. The molecule has 4 rings (SSSR count). The van der Waals surface area contributed by atoms with E-state index in [1.54, 1.807) is 35.2 Å². The SMILES string of the molecule is CC(=O)N1c2cc(S(=O)(=O)Nc3ccc4c(c3)OCCO4)c(Br)cc2C[C@H]1C. The van der Waals surface area contributed by atoms with Crippen molar-refractivity contribution in [2.24, 2.45) is 0 Å². The molecule has 2 aromatic carbocycles. The van der Waals surface area contributed by atoms with Crippen LogP contribution in [0.5, 0.6) is 11.5 Å². The Morgan fingerprint density at radius 3 is 2.61 bits per heavy atom. The summed E-state index contributed by atoms with van der Waals surface area (Å²) in [6, 6.07) is 8.19. The number of halogens is 1. The first-order chi connectivity index (χ1) is 13.3. The molecule has 9 heteroatoms. The Kier molecular flexibility index (Phi) is 4.75. The van der Waals surface area contributed by atoms with E-state index < -0.39 is 10.0 Å². The van der Waals surface area contributed by atoms with Crippen LogP contribution < -0.4 is 19.1 Å². The van der Waals surface area contributed by atoms with Gasteiger partial charge in [-0.2, -0.15) is 0 Å². The quantitative estimate of drug-likeness (QED) is 0.749. The number of carbonyl (C=O) groups excluding carboxylic acids is 1. The van der Waals surface area contributed by atoms with Gasteiger partial charge in [0.2, 0.25) is 5.91 Å². The molecule has 0 bridgehead atoms. The zero-order valence-corrected chi connectivity index (χ0v) is 17.8. The number of rotatable bonds is 3. The van der Waals surface area contributed by atoms with Crippen molar-refractivity contribution in [3.63, 3.8) is 0 Å². The highest BCUT2D eigenvalue weighted by atomic mass is 79.9. The molecule has 1 N–H and O–H groups in total. The lowest BCUT2D eigenvalue weighted by atomic mass is 10.1. The first-order valence-electron chi connectivity index (χ1n) is 8.81. The van der Waals surface area contributed by atoms with Crippen LogP contribution in [0, 0.1) is 0 Å². The Bertz CT molecular complexity index is 1070. The largest absolute Gasteiger partial charge is 0.486 e. The van der Waals surface area contributed by atoms with Gasteiger partial charge >= 0.3 is 0 Å². The fraction of sp³-hybridized carbons (Fsp3) is 0.316. The summed E-state index contributed by atoms with van der Waals surface area (Å²) in [6.45, 7) is 4.30. The van der Waals surface area contributed by atoms with Gasteiger partial charge in [0.05, 0.1) is 5.69 Å². The second-order valence-electron chi connectivity index (χ2n) is 6.82. The molecule has 2 aromatic rings. The van der Waals surface area contributed by atoms with Gasteiger partial charge in [0.1, 0.15) is 18.1 Å². The third-order valence-electron chi connectivity index (χ3n) is 4.77. The molecule has 2 aliphatic rings. The van der Waals surface area contributed by atoms with Crippen molar-refractivity contribution in [2.45, 2.75) is 31.2 Å². The van der Waals surface area contributed by atoms with Gasteiger partial charge < -0.3 is 14.4 Å². The van der Waals surface area contributed by atoms with Gasteiger partial charge in [0.15, 0.2) is 11.5 Å². The molecule has 0 spiro atoms. The zero-order valence-electron chi connectivity index (χ0n) is 15.4. The topological polar surface area (TPSA) is 84.9 Å². The Balaban J connectivity index is 1.70. The minimum Gasteiger partial charge on any atom is -0.486 e. The molecular weight excluding hydrogens is 448 g/mol. The number of hydrogen-bond donors (Lipinski definition) is 1. The van der Waals surface area contributed by atoms with Crippen LogP contribution in [0.1, 0.15) is 19.4 Å². The third kappa shape index (κ3) is 3.33. The highest BCUT2D eigenvalue weighted by Gasteiger charge is 2.32. The fourth-order valence-electron chi connectivity index (χ4n) is 3.62. The van der Waals surface area contributed by atoms with E-state index in [1.807, 2.05) is 6.92 Å². The standard InChI is InChI=1S/C19H19BrN2O5S/c1-11-7-13-8-15(20)19(10-16(13)22(11)12(2)23)28(24,25)21-14-3-4-17-18(9-14)27-6-5-26-17/h3-4,8-11,21H,5-7H2,1-2H3/t11-/m1/s1. The predicted molar refractivity (Wildman–Crippen MR) is 109 cm³/mol. The molecule has 148 valence electrons. The number of sulfonamides is 1. The van der Waals surface area contributed by atoms with Crippen LogP contribution in [0.2, 0.25) is 0 Å². The molecule has 0 saturated heterocycles. The van der Waals surface area contributed by atoms with Crippen molar-refractivity contribution in [1.29, 1.82) is 0 Å². The molecule has 0 saturated carbocycles. The van der Waals surface area contributed by atoms with Gasteiger partial charge in [-0.25, -0.2) is 8.42 Å². The Labute approximate surface area is 171 Å². The summed E-state index contributed by atoms with van der Waals surface area (Å²) in [7, 11) is -3.89. The summed E-state index contributed by atoms with van der Waals surface area (Å²) in [5.41, 5.74) is 1.94. The van der Waals surface area contributed by atoms with E-state index in [-0.39, 0.29) is 16.8 Å². The Morgan fingerprint density at radius 2 is 1.89 bits per heavy atom. The Hall–Kier alpha value is -2.26. The zero-order chi connectivity index (χ0) is 20.1. The number of anilines is 2. The minimum atomic E-state index is -3.89. The molecule has 2 heterocycles. The van der Waals surface area contributed by atoms with E-state index in [2.05, 4.69) is 20.7 Å². The van der Waals surface area contributed by atoms with Crippen molar-refractivity contribution in [3.05, 3.63) is 40.4 Å². The highest BCUT2D eigenvalue weighted by molar-refractivity contribution is 9.10. The predicted octanol–water partition coefficient (Wildman–Crippen LogP) is 3.32. The average molecular weight is 467 g/mol.